The predicted octanol–water partition coefficient (Wildman–Crippen LogP) is 2.66. The lowest BCUT2D eigenvalue weighted by atomic mass is 10.1. The van der Waals surface area contributed by atoms with Crippen molar-refractivity contribution in [3.05, 3.63) is 52.4 Å². The Bertz CT molecular complexity index is 645. The first-order valence-electron chi connectivity index (χ1n) is 6.70. The molecule has 110 valence electrons. The molecule has 6 heteroatoms. The molecule has 0 aliphatic carbocycles. The van der Waals surface area contributed by atoms with Crippen LogP contribution in [-0.2, 0) is 13.0 Å². The number of pyridine rings is 2. The largest absolute Gasteiger partial charge is 0.373 e. The maximum atomic E-state index is 12.2. The summed E-state index contributed by atoms with van der Waals surface area (Å²) in [4.78, 5) is 20.5. The third-order valence-electron chi connectivity index (χ3n) is 3.09. The second-order valence-corrected chi connectivity index (χ2v) is 4.85. The number of nitrogens with zero attached hydrogens (tertiary/aromatic N) is 2. The first-order valence-corrected chi connectivity index (χ1v) is 7.08. The van der Waals surface area contributed by atoms with Gasteiger partial charge in [0.2, 0.25) is 0 Å². The minimum Gasteiger partial charge on any atom is -0.373 e. The molecule has 0 unspecified atom stereocenters. The summed E-state index contributed by atoms with van der Waals surface area (Å²) in [6.45, 7) is 2.45. The van der Waals surface area contributed by atoms with Crippen molar-refractivity contribution in [2.75, 3.05) is 12.4 Å². The van der Waals surface area contributed by atoms with Crippen molar-refractivity contribution in [3.63, 3.8) is 0 Å². The van der Waals surface area contributed by atoms with Gasteiger partial charge in [-0.3, -0.25) is 9.78 Å². The van der Waals surface area contributed by atoms with Crippen molar-refractivity contribution in [1.29, 1.82) is 0 Å². The zero-order chi connectivity index (χ0) is 15.2. The summed E-state index contributed by atoms with van der Waals surface area (Å²) >= 11 is 5.89. The summed E-state index contributed by atoms with van der Waals surface area (Å²) in [5.74, 6) is 0.350. The maximum absolute atomic E-state index is 12.2. The van der Waals surface area contributed by atoms with E-state index in [1.807, 2.05) is 12.1 Å². The van der Waals surface area contributed by atoms with Crippen LogP contribution in [-0.4, -0.2) is 22.9 Å². The fraction of sp³-hybridized carbons (Fsp3) is 0.267. The number of halogens is 1. The van der Waals surface area contributed by atoms with Crippen LogP contribution in [0.5, 0.6) is 0 Å². The van der Waals surface area contributed by atoms with Crippen LogP contribution < -0.4 is 10.6 Å². The molecule has 0 saturated carbocycles. The molecule has 5 nitrogen and oxygen atoms in total. The smallest absolute Gasteiger partial charge is 0.251 e. The molecule has 0 aliphatic heterocycles. The Morgan fingerprint density at radius 1 is 1.38 bits per heavy atom. The summed E-state index contributed by atoms with van der Waals surface area (Å²) in [6.07, 6.45) is 2.60. The summed E-state index contributed by atoms with van der Waals surface area (Å²) in [7, 11) is 1.72. The van der Waals surface area contributed by atoms with Gasteiger partial charge in [0.1, 0.15) is 11.0 Å². The number of anilines is 1. The van der Waals surface area contributed by atoms with E-state index in [0.29, 0.717) is 17.9 Å². The van der Waals surface area contributed by atoms with Crippen LogP contribution in [0.3, 0.4) is 0 Å². The van der Waals surface area contributed by atoms with Crippen LogP contribution >= 0.6 is 11.6 Å². The molecule has 2 aromatic heterocycles. The van der Waals surface area contributed by atoms with Gasteiger partial charge in [-0.25, -0.2) is 4.98 Å². The summed E-state index contributed by atoms with van der Waals surface area (Å²) < 4.78 is 0. The zero-order valence-corrected chi connectivity index (χ0v) is 12.7. The molecule has 0 aliphatic rings. The fourth-order valence-corrected chi connectivity index (χ4v) is 2.18. The standard InChI is InChI=1S/C15H17ClN4O/c1-3-10-5-4-6-18-12(10)9-19-15(21)11-7-13(16)20-14(8-11)17-2/h4-8H,3,9H2,1-2H3,(H,17,20)(H,19,21). The van der Waals surface area contributed by atoms with Crippen molar-refractivity contribution in [2.45, 2.75) is 19.9 Å². The molecule has 0 spiro atoms. The van der Waals surface area contributed by atoms with Gasteiger partial charge in [-0.05, 0) is 30.2 Å². The average Bonchev–Trinajstić information content (AvgIpc) is 2.52. The number of rotatable bonds is 5. The Kier molecular flexibility index (Phi) is 5.11. The lowest BCUT2D eigenvalue weighted by molar-refractivity contribution is 0.0950. The Balaban J connectivity index is 2.10. The topological polar surface area (TPSA) is 66.9 Å². The van der Waals surface area contributed by atoms with E-state index in [9.17, 15) is 4.79 Å². The summed E-state index contributed by atoms with van der Waals surface area (Å²) in [5, 5.41) is 6.00. The Labute approximate surface area is 128 Å². The molecule has 2 heterocycles. The number of amides is 1. The number of carbonyl (C=O) groups is 1. The van der Waals surface area contributed by atoms with Crippen LogP contribution in [0, 0.1) is 0 Å². The molecule has 2 N–H and O–H groups in total. The quantitative estimate of drug-likeness (QED) is 0.833. The molecule has 2 rings (SSSR count). The van der Waals surface area contributed by atoms with E-state index in [4.69, 9.17) is 11.6 Å². The monoisotopic (exact) mass is 304 g/mol. The van der Waals surface area contributed by atoms with Gasteiger partial charge in [0.25, 0.3) is 5.91 Å². The Morgan fingerprint density at radius 2 is 2.19 bits per heavy atom. The van der Waals surface area contributed by atoms with E-state index in [-0.39, 0.29) is 11.1 Å². The number of hydrogen-bond donors (Lipinski definition) is 2. The van der Waals surface area contributed by atoms with Gasteiger partial charge in [0, 0.05) is 18.8 Å². The summed E-state index contributed by atoms with van der Waals surface area (Å²) in [5.41, 5.74) is 2.47. The number of hydrogen-bond acceptors (Lipinski definition) is 4. The van der Waals surface area contributed by atoms with Gasteiger partial charge in [0.05, 0.1) is 12.2 Å². The molecule has 2 aromatic rings. The van der Waals surface area contributed by atoms with Crippen molar-refractivity contribution in [2.24, 2.45) is 0 Å². The molecule has 0 atom stereocenters. The normalized spacial score (nSPS) is 10.2. The second-order valence-electron chi connectivity index (χ2n) is 4.46. The van der Waals surface area contributed by atoms with Crippen molar-refractivity contribution in [3.8, 4) is 0 Å². The highest BCUT2D eigenvalue weighted by Gasteiger charge is 2.10. The number of nitrogens with one attached hydrogen (secondary N) is 2. The van der Waals surface area contributed by atoms with Crippen LogP contribution in [0.25, 0.3) is 0 Å². The number of aromatic nitrogens is 2. The molecule has 1 amide bonds. The molecule has 0 fully saturated rings. The van der Waals surface area contributed by atoms with E-state index in [0.717, 1.165) is 17.7 Å². The summed E-state index contributed by atoms with van der Waals surface area (Å²) in [6, 6.07) is 7.10. The minimum absolute atomic E-state index is 0.205. The molecule has 0 bridgehead atoms. The highest BCUT2D eigenvalue weighted by Crippen LogP contribution is 2.14. The van der Waals surface area contributed by atoms with E-state index >= 15 is 0 Å². The van der Waals surface area contributed by atoms with Gasteiger partial charge in [-0.15, -0.1) is 0 Å². The third kappa shape index (κ3) is 3.92. The van der Waals surface area contributed by atoms with Crippen LogP contribution in [0.15, 0.2) is 30.5 Å². The highest BCUT2D eigenvalue weighted by atomic mass is 35.5. The average molecular weight is 305 g/mol. The van der Waals surface area contributed by atoms with Crippen LogP contribution in [0.1, 0.15) is 28.5 Å². The molecule has 0 radical (unpaired) electrons. The van der Waals surface area contributed by atoms with E-state index in [1.54, 1.807) is 19.3 Å². The van der Waals surface area contributed by atoms with Gasteiger partial charge in [0.15, 0.2) is 0 Å². The minimum atomic E-state index is -0.205. The van der Waals surface area contributed by atoms with Crippen molar-refractivity contribution < 1.29 is 4.79 Å². The highest BCUT2D eigenvalue weighted by molar-refractivity contribution is 6.29. The maximum Gasteiger partial charge on any atom is 0.251 e. The van der Waals surface area contributed by atoms with Crippen LogP contribution in [0.2, 0.25) is 5.15 Å². The van der Waals surface area contributed by atoms with E-state index < -0.39 is 0 Å². The molecule has 0 aromatic carbocycles. The molecular weight excluding hydrogens is 288 g/mol. The third-order valence-corrected chi connectivity index (χ3v) is 3.29. The first kappa shape index (κ1) is 15.3. The second kappa shape index (κ2) is 7.04. The number of aryl methyl sites for hydroxylation is 1. The lowest BCUT2D eigenvalue weighted by Crippen LogP contribution is -2.24. The first-order chi connectivity index (χ1) is 10.1. The molecule has 0 saturated heterocycles. The SMILES string of the molecule is CCc1cccnc1CNC(=O)c1cc(Cl)nc(NC)c1. The van der Waals surface area contributed by atoms with Gasteiger partial charge >= 0.3 is 0 Å². The van der Waals surface area contributed by atoms with E-state index in [1.165, 1.54) is 6.07 Å². The van der Waals surface area contributed by atoms with E-state index in [2.05, 4.69) is 27.5 Å². The van der Waals surface area contributed by atoms with Gasteiger partial charge in [-0.1, -0.05) is 24.6 Å². The lowest BCUT2D eigenvalue weighted by Gasteiger charge is -2.09. The van der Waals surface area contributed by atoms with Crippen LogP contribution in [0.4, 0.5) is 5.82 Å². The van der Waals surface area contributed by atoms with Crippen molar-refractivity contribution in [1.82, 2.24) is 15.3 Å². The Morgan fingerprint density at radius 3 is 2.90 bits per heavy atom. The van der Waals surface area contributed by atoms with Gasteiger partial charge < -0.3 is 10.6 Å². The Hall–Kier alpha value is -2.14. The number of carbonyl (C=O) groups excluding carboxylic acids is 1. The molecule has 21 heavy (non-hydrogen) atoms. The predicted molar refractivity (Wildman–Crippen MR) is 83.6 cm³/mol. The fourth-order valence-electron chi connectivity index (χ4n) is 1.97. The van der Waals surface area contributed by atoms with Crippen molar-refractivity contribution >= 4 is 23.3 Å². The zero-order valence-electron chi connectivity index (χ0n) is 12.0. The van der Waals surface area contributed by atoms with Gasteiger partial charge in [-0.2, -0.15) is 0 Å². The molecular formula is C15H17ClN4O.